The third kappa shape index (κ3) is 3.47. The second-order valence-electron chi connectivity index (χ2n) is 1.64. The fourth-order valence-electron chi connectivity index (χ4n) is 0.333. The maximum atomic E-state index is 3.59. The van der Waals surface area contributed by atoms with Gasteiger partial charge in [-0.15, -0.1) is 0 Å². The highest BCUT2D eigenvalue weighted by atomic mass is 15.0. The third-order valence-electron chi connectivity index (χ3n) is 0.864. The van der Waals surface area contributed by atoms with Gasteiger partial charge in [-0.05, 0) is 18.8 Å². The molecule has 0 atom stereocenters. The molecule has 0 unspecified atom stereocenters. The number of nitrogens with zero attached hydrogens (tertiary/aromatic N) is 1. The van der Waals surface area contributed by atoms with Gasteiger partial charge in [-0.2, -0.15) is 0 Å². The maximum absolute atomic E-state index is 3.59. The van der Waals surface area contributed by atoms with E-state index in [-0.39, 0.29) is 0 Å². The molecule has 0 rings (SSSR count). The van der Waals surface area contributed by atoms with Crippen LogP contribution in [-0.2, 0) is 0 Å². The molecule has 0 saturated heterocycles. The topological polar surface area (TPSA) is 3.24 Å². The van der Waals surface area contributed by atoms with E-state index >= 15 is 0 Å². The van der Waals surface area contributed by atoms with E-state index in [2.05, 4.69) is 19.6 Å². The lowest BCUT2D eigenvalue weighted by molar-refractivity contribution is 0.625. The van der Waals surface area contributed by atoms with Crippen molar-refractivity contribution in [3.05, 3.63) is 25.1 Å². The number of allylic oxidation sites excluding steroid dienone is 1. The fourth-order valence-corrected chi connectivity index (χ4v) is 0.333. The zero-order valence-electron chi connectivity index (χ0n) is 5.59. The first-order valence-corrected chi connectivity index (χ1v) is 2.82. The van der Waals surface area contributed by atoms with Crippen molar-refractivity contribution in [3.63, 3.8) is 0 Å². The summed E-state index contributed by atoms with van der Waals surface area (Å²) in [5.74, 6) is 0. The van der Waals surface area contributed by atoms with Crippen molar-refractivity contribution in [1.29, 1.82) is 0 Å². The largest absolute Gasteiger partial charge is 0.358 e. The molecule has 8 heavy (non-hydrogen) atoms. The molecule has 0 fully saturated rings. The van der Waals surface area contributed by atoms with Gasteiger partial charge in [0.25, 0.3) is 0 Å². The molecule has 1 nitrogen and oxygen atoms in total. The predicted octanol–water partition coefficient (Wildman–Crippen LogP) is 1.99. The molecule has 0 aliphatic rings. The highest BCUT2D eigenvalue weighted by Crippen LogP contribution is 1.85. The summed E-state index contributed by atoms with van der Waals surface area (Å²) in [6.07, 6.45) is 6.93. The molecule has 1 heteroatoms. The van der Waals surface area contributed by atoms with Crippen molar-refractivity contribution in [2.45, 2.75) is 13.3 Å². The van der Waals surface area contributed by atoms with Crippen LogP contribution < -0.4 is 0 Å². The van der Waals surface area contributed by atoms with Crippen LogP contribution in [0.2, 0.25) is 0 Å². The Bertz CT molecular complexity index is 84.4. The lowest BCUT2D eigenvalue weighted by atomic mass is 10.5. The van der Waals surface area contributed by atoms with Gasteiger partial charge in [0.15, 0.2) is 0 Å². The Morgan fingerprint density at radius 1 is 1.62 bits per heavy atom. The summed E-state index contributed by atoms with van der Waals surface area (Å²) in [7, 11) is 1.96. The molecular formula is C7H13N. The van der Waals surface area contributed by atoms with Gasteiger partial charge in [0.05, 0.1) is 0 Å². The van der Waals surface area contributed by atoms with Gasteiger partial charge in [-0.3, -0.25) is 0 Å². The van der Waals surface area contributed by atoms with Crippen LogP contribution >= 0.6 is 0 Å². The quantitative estimate of drug-likeness (QED) is 0.538. The maximum Gasteiger partial charge on any atom is 0.0106 e. The molecule has 0 amide bonds. The molecule has 0 radical (unpaired) electrons. The number of hydrogen-bond donors (Lipinski definition) is 0. The third-order valence-corrected chi connectivity index (χ3v) is 0.864. The predicted molar refractivity (Wildman–Crippen MR) is 37.4 cm³/mol. The summed E-state index contributed by atoms with van der Waals surface area (Å²) in [4.78, 5) is 1.92. The van der Waals surface area contributed by atoms with Gasteiger partial charge in [0.2, 0.25) is 0 Å². The van der Waals surface area contributed by atoms with Crippen molar-refractivity contribution >= 4 is 0 Å². The Labute approximate surface area is 51.3 Å². The van der Waals surface area contributed by atoms with E-state index < -0.39 is 0 Å². The van der Waals surface area contributed by atoms with E-state index in [1.807, 2.05) is 18.1 Å². The van der Waals surface area contributed by atoms with Crippen LogP contribution in [0.15, 0.2) is 25.1 Å². The molecular weight excluding hydrogens is 98.1 g/mol. The van der Waals surface area contributed by atoms with Gasteiger partial charge in [0, 0.05) is 7.05 Å². The van der Waals surface area contributed by atoms with Crippen molar-refractivity contribution in [2.75, 3.05) is 7.05 Å². The Morgan fingerprint density at radius 2 is 2.25 bits per heavy atom. The molecule has 0 saturated carbocycles. The molecule has 46 valence electrons. The second-order valence-corrected chi connectivity index (χ2v) is 1.64. The van der Waals surface area contributed by atoms with Crippen molar-refractivity contribution in [1.82, 2.24) is 4.90 Å². The van der Waals surface area contributed by atoms with E-state index in [1.54, 1.807) is 6.20 Å². The van der Waals surface area contributed by atoms with E-state index in [4.69, 9.17) is 0 Å². The van der Waals surface area contributed by atoms with Crippen LogP contribution in [0.5, 0.6) is 0 Å². The molecule has 0 aliphatic carbocycles. The minimum absolute atomic E-state index is 1.08. The van der Waals surface area contributed by atoms with Crippen LogP contribution in [0, 0.1) is 0 Å². The summed E-state index contributed by atoms with van der Waals surface area (Å²) in [6, 6.07) is 0. The summed E-state index contributed by atoms with van der Waals surface area (Å²) in [5.41, 5.74) is 0. The molecule has 0 N–H and O–H groups in total. The second kappa shape index (κ2) is 4.44. The van der Waals surface area contributed by atoms with E-state index in [0.29, 0.717) is 0 Å². The van der Waals surface area contributed by atoms with Crippen molar-refractivity contribution in [3.8, 4) is 0 Å². The van der Waals surface area contributed by atoms with Crippen LogP contribution in [-0.4, -0.2) is 11.9 Å². The van der Waals surface area contributed by atoms with Crippen LogP contribution in [0.4, 0.5) is 0 Å². The van der Waals surface area contributed by atoms with Gasteiger partial charge >= 0.3 is 0 Å². The van der Waals surface area contributed by atoms with E-state index in [9.17, 15) is 0 Å². The smallest absolute Gasteiger partial charge is 0.0106 e. The molecule has 0 aromatic rings. The highest BCUT2D eigenvalue weighted by Gasteiger charge is 1.73. The molecule has 0 spiro atoms. The minimum Gasteiger partial charge on any atom is -0.358 e. The summed E-state index contributed by atoms with van der Waals surface area (Å²) in [5, 5.41) is 0. The Kier molecular flexibility index (Phi) is 4.04. The SMILES string of the molecule is C=CN(C)/C=C\CC. The summed E-state index contributed by atoms with van der Waals surface area (Å²) in [6.45, 7) is 5.69. The number of hydrogen-bond acceptors (Lipinski definition) is 1. The van der Waals surface area contributed by atoms with E-state index in [0.717, 1.165) is 6.42 Å². The highest BCUT2D eigenvalue weighted by molar-refractivity contribution is 4.84. The first kappa shape index (κ1) is 7.28. The summed E-state index contributed by atoms with van der Waals surface area (Å²) < 4.78 is 0. The molecule has 0 aromatic heterocycles. The summed E-state index contributed by atoms with van der Waals surface area (Å²) >= 11 is 0. The Morgan fingerprint density at radius 3 is 2.62 bits per heavy atom. The average molecular weight is 111 g/mol. The van der Waals surface area contributed by atoms with Gasteiger partial charge in [0.1, 0.15) is 0 Å². The fraction of sp³-hybridized carbons (Fsp3) is 0.429. The zero-order chi connectivity index (χ0) is 6.41. The molecule has 0 heterocycles. The monoisotopic (exact) mass is 111 g/mol. The number of rotatable bonds is 3. The Hall–Kier alpha value is -0.720. The average Bonchev–Trinajstić information content (AvgIpc) is 1.83. The van der Waals surface area contributed by atoms with Gasteiger partial charge in [-0.25, -0.2) is 0 Å². The Balaban J connectivity index is 3.35. The van der Waals surface area contributed by atoms with Gasteiger partial charge < -0.3 is 4.90 Å². The van der Waals surface area contributed by atoms with Crippen molar-refractivity contribution in [2.24, 2.45) is 0 Å². The lowest BCUT2D eigenvalue weighted by Gasteiger charge is -2.03. The molecule has 0 bridgehead atoms. The zero-order valence-corrected chi connectivity index (χ0v) is 5.59. The van der Waals surface area contributed by atoms with E-state index in [1.165, 1.54) is 0 Å². The van der Waals surface area contributed by atoms with Crippen LogP contribution in [0.1, 0.15) is 13.3 Å². The lowest BCUT2D eigenvalue weighted by Crippen LogP contribution is -1.97. The van der Waals surface area contributed by atoms with Crippen molar-refractivity contribution < 1.29 is 0 Å². The first-order chi connectivity index (χ1) is 3.81. The normalized spacial score (nSPS) is 9.75. The van der Waals surface area contributed by atoms with Crippen LogP contribution in [0.3, 0.4) is 0 Å². The van der Waals surface area contributed by atoms with Crippen LogP contribution in [0.25, 0.3) is 0 Å². The molecule has 0 aromatic carbocycles. The first-order valence-electron chi connectivity index (χ1n) is 2.82. The minimum atomic E-state index is 1.08. The standard InChI is InChI=1S/C7H13N/c1-4-6-7-8(3)5-2/h5-7H,2,4H2,1,3H3/b7-6-. The van der Waals surface area contributed by atoms with Gasteiger partial charge in [-0.1, -0.05) is 19.6 Å². The molecule has 0 aliphatic heterocycles.